The minimum atomic E-state index is -4.78. The number of nitro benzene ring substituents is 1. The highest BCUT2D eigenvalue weighted by atomic mass is 35.5. The highest BCUT2D eigenvalue weighted by molar-refractivity contribution is 7.92. The van der Waals surface area contributed by atoms with E-state index in [-0.39, 0.29) is 5.75 Å². The zero-order valence-corrected chi connectivity index (χ0v) is 14.4. The van der Waals surface area contributed by atoms with E-state index in [1.54, 1.807) is 0 Å². The van der Waals surface area contributed by atoms with E-state index in [0.29, 0.717) is 6.07 Å². The van der Waals surface area contributed by atoms with Crippen molar-refractivity contribution >= 4 is 33.0 Å². The molecule has 1 N–H and O–H groups in total. The summed E-state index contributed by atoms with van der Waals surface area (Å²) in [5.41, 5.74) is -2.23. The van der Waals surface area contributed by atoms with Crippen LogP contribution < -0.4 is 9.46 Å². The van der Waals surface area contributed by atoms with Gasteiger partial charge in [-0.3, -0.25) is 14.8 Å². The molecule has 0 aromatic heterocycles. The molecule has 0 aliphatic carbocycles. The smallest absolute Gasteiger partial charge is 0.417 e. The first-order chi connectivity index (χ1) is 12.0. The van der Waals surface area contributed by atoms with Crippen molar-refractivity contribution in [3.05, 3.63) is 57.1 Å². The Morgan fingerprint density at radius 2 is 1.85 bits per heavy atom. The number of nitrogens with one attached hydrogen (secondary N) is 1. The van der Waals surface area contributed by atoms with Crippen LogP contribution in [0.1, 0.15) is 5.56 Å². The Labute approximate surface area is 150 Å². The lowest BCUT2D eigenvalue weighted by molar-refractivity contribution is -0.386. The van der Waals surface area contributed by atoms with Crippen LogP contribution in [0, 0.1) is 10.1 Å². The van der Waals surface area contributed by atoms with Crippen molar-refractivity contribution < 1.29 is 31.2 Å². The summed E-state index contributed by atoms with van der Waals surface area (Å²) in [5.74, 6) is -0.167. The van der Waals surface area contributed by atoms with Gasteiger partial charge in [-0.1, -0.05) is 11.6 Å². The average molecular weight is 411 g/mol. The zero-order chi connectivity index (χ0) is 19.7. The lowest BCUT2D eigenvalue weighted by atomic mass is 10.2. The molecule has 26 heavy (non-hydrogen) atoms. The van der Waals surface area contributed by atoms with Crippen LogP contribution in [-0.2, 0) is 16.2 Å². The Morgan fingerprint density at radius 3 is 2.38 bits per heavy atom. The lowest BCUT2D eigenvalue weighted by Crippen LogP contribution is -2.14. The fourth-order valence-corrected chi connectivity index (χ4v) is 3.29. The molecule has 12 heteroatoms. The molecule has 0 bridgehead atoms. The molecule has 0 saturated heterocycles. The van der Waals surface area contributed by atoms with Gasteiger partial charge in [0.2, 0.25) is 0 Å². The van der Waals surface area contributed by atoms with Gasteiger partial charge in [-0.15, -0.1) is 0 Å². The molecule has 2 aromatic carbocycles. The highest BCUT2D eigenvalue weighted by Gasteiger charge is 2.33. The third kappa shape index (κ3) is 4.17. The predicted octanol–water partition coefficient (Wildman–Crippen LogP) is 4.08. The molecule has 0 aliphatic rings. The Morgan fingerprint density at radius 1 is 1.19 bits per heavy atom. The summed E-state index contributed by atoms with van der Waals surface area (Å²) in [5, 5.41) is 10.4. The van der Waals surface area contributed by atoms with E-state index >= 15 is 0 Å². The summed E-state index contributed by atoms with van der Waals surface area (Å²) in [6.07, 6.45) is -4.78. The predicted molar refractivity (Wildman–Crippen MR) is 86.9 cm³/mol. The number of ether oxygens (including phenoxy) is 1. The maximum absolute atomic E-state index is 12.9. The van der Waals surface area contributed by atoms with Gasteiger partial charge in [-0.2, -0.15) is 13.2 Å². The number of hydrogen-bond donors (Lipinski definition) is 1. The largest absolute Gasteiger partial charge is 0.490 e. The van der Waals surface area contributed by atoms with Gasteiger partial charge in [0.25, 0.3) is 10.0 Å². The van der Waals surface area contributed by atoms with E-state index < -0.39 is 48.0 Å². The maximum atomic E-state index is 12.9. The molecule has 0 unspecified atom stereocenters. The molecule has 2 rings (SSSR count). The molecule has 140 valence electrons. The third-order valence-electron chi connectivity index (χ3n) is 3.18. The van der Waals surface area contributed by atoms with Crippen LogP contribution in [0.25, 0.3) is 0 Å². The molecule has 0 spiro atoms. The second-order valence-electron chi connectivity index (χ2n) is 4.89. The minimum absolute atomic E-state index is 0.167. The van der Waals surface area contributed by atoms with Gasteiger partial charge >= 0.3 is 11.9 Å². The number of halogens is 4. The number of nitro groups is 1. The Hall–Kier alpha value is -2.53. The minimum Gasteiger partial charge on any atom is -0.490 e. The van der Waals surface area contributed by atoms with Crippen LogP contribution in [0.5, 0.6) is 5.75 Å². The number of methoxy groups -OCH3 is 1. The number of anilines is 1. The quantitative estimate of drug-likeness (QED) is 0.591. The topological polar surface area (TPSA) is 98.5 Å². The monoisotopic (exact) mass is 410 g/mol. The number of sulfonamides is 1. The van der Waals surface area contributed by atoms with Gasteiger partial charge < -0.3 is 4.74 Å². The Bertz CT molecular complexity index is 964. The van der Waals surface area contributed by atoms with E-state index in [4.69, 9.17) is 16.3 Å². The van der Waals surface area contributed by atoms with Crippen molar-refractivity contribution in [2.75, 3.05) is 11.8 Å². The second kappa shape index (κ2) is 7.00. The van der Waals surface area contributed by atoms with E-state index in [9.17, 15) is 31.7 Å². The van der Waals surface area contributed by atoms with E-state index in [1.165, 1.54) is 7.11 Å². The summed E-state index contributed by atoms with van der Waals surface area (Å²) in [6.45, 7) is 0. The first kappa shape index (κ1) is 19.8. The van der Waals surface area contributed by atoms with Crippen LogP contribution in [0.2, 0.25) is 5.02 Å². The summed E-state index contributed by atoms with van der Waals surface area (Å²) >= 11 is 5.47. The molecule has 7 nitrogen and oxygen atoms in total. The standard InChI is InChI=1S/C14H10ClF3N2O5S/c1-25-13-5-3-9(7-12(13)20(21)22)26(23,24)19-8-2-4-11(15)10(6-8)14(16,17)18/h2-7,19H,1H3. The molecule has 0 amide bonds. The number of rotatable bonds is 5. The summed E-state index contributed by atoms with van der Waals surface area (Å²) < 4.78 is 69.9. The first-order valence-corrected chi connectivity index (χ1v) is 8.54. The zero-order valence-electron chi connectivity index (χ0n) is 12.9. The van der Waals surface area contributed by atoms with Crippen LogP contribution in [0.3, 0.4) is 0 Å². The van der Waals surface area contributed by atoms with Gasteiger partial charge in [-0.05, 0) is 30.3 Å². The Kier molecular flexibility index (Phi) is 5.33. The normalized spacial score (nSPS) is 11.9. The molecule has 0 radical (unpaired) electrons. The fraction of sp³-hybridized carbons (Fsp3) is 0.143. The molecule has 0 heterocycles. The SMILES string of the molecule is COc1ccc(S(=O)(=O)Nc2ccc(Cl)c(C(F)(F)F)c2)cc1[N+](=O)[O-]. The Balaban J connectivity index is 2.44. The van der Waals surface area contributed by atoms with E-state index in [1.807, 2.05) is 4.72 Å². The molecule has 0 atom stereocenters. The van der Waals surface area contributed by atoms with Gasteiger partial charge in [0.15, 0.2) is 5.75 Å². The number of hydrogen-bond acceptors (Lipinski definition) is 5. The van der Waals surface area contributed by atoms with Crippen LogP contribution >= 0.6 is 11.6 Å². The fourth-order valence-electron chi connectivity index (χ4n) is 2.00. The average Bonchev–Trinajstić information content (AvgIpc) is 2.54. The van der Waals surface area contributed by atoms with Crippen molar-refractivity contribution in [2.45, 2.75) is 11.1 Å². The summed E-state index contributed by atoms with van der Waals surface area (Å²) in [6, 6.07) is 5.27. The first-order valence-electron chi connectivity index (χ1n) is 6.67. The molecule has 0 saturated carbocycles. The molecule has 0 fully saturated rings. The summed E-state index contributed by atoms with van der Waals surface area (Å²) in [4.78, 5) is 9.62. The molecular weight excluding hydrogens is 401 g/mol. The van der Waals surface area contributed by atoms with Crippen molar-refractivity contribution in [1.82, 2.24) is 0 Å². The van der Waals surface area contributed by atoms with Gasteiger partial charge in [0, 0.05) is 11.8 Å². The van der Waals surface area contributed by atoms with Gasteiger partial charge in [-0.25, -0.2) is 8.42 Å². The number of benzene rings is 2. The highest BCUT2D eigenvalue weighted by Crippen LogP contribution is 2.37. The van der Waals surface area contributed by atoms with E-state index in [2.05, 4.69) is 0 Å². The van der Waals surface area contributed by atoms with Crippen molar-refractivity contribution in [2.24, 2.45) is 0 Å². The second-order valence-corrected chi connectivity index (χ2v) is 6.98. The number of alkyl halides is 3. The van der Waals surface area contributed by atoms with Crippen LogP contribution in [-0.4, -0.2) is 20.5 Å². The van der Waals surface area contributed by atoms with Crippen molar-refractivity contribution in [1.29, 1.82) is 0 Å². The van der Waals surface area contributed by atoms with Gasteiger partial charge in [0.1, 0.15) is 0 Å². The van der Waals surface area contributed by atoms with Crippen molar-refractivity contribution in [3.8, 4) is 5.75 Å². The number of nitrogens with zero attached hydrogens (tertiary/aromatic N) is 1. The van der Waals surface area contributed by atoms with Crippen molar-refractivity contribution in [3.63, 3.8) is 0 Å². The van der Waals surface area contributed by atoms with Crippen LogP contribution in [0.4, 0.5) is 24.5 Å². The molecule has 2 aromatic rings. The molecule has 0 aliphatic heterocycles. The van der Waals surface area contributed by atoms with E-state index in [0.717, 1.165) is 30.3 Å². The van der Waals surface area contributed by atoms with Crippen LogP contribution in [0.15, 0.2) is 41.3 Å². The molecular formula is C14H10ClF3N2O5S. The summed E-state index contributed by atoms with van der Waals surface area (Å²) in [7, 11) is -3.22. The third-order valence-corrected chi connectivity index (χ3v) is 4.89. The lowest BCUT2D eigenvalue weighted by Gasteiger charge is -2.13. The maximum Gasteiger partial charge on any atom is 0.417 e. The van der Waals surface area contributed by atoms with Gasteiger partial charge in [0.05, 0.1) is 27.5 Å².